The predicted octanol–water partition coefficient (Wildman–Crippen LogP) is 7.14. The second-order valence-electron chi connectivity index (χ2n) is 12.6. The smallest absolute Gasteiger partial charge is 0.416 e. The molecule has 262 valence electrons. The fraction of sp³-hybridized carbons (Fsp3) is 0.469. The molecular weight excluding hydrogens is 666 g/mol. The van der Waals surface area contributed by atoms with E-state index in [9.17, 15) is 45.0 Å². The molecule has 17 heteroatoms. The van der Waals surface area contributed by atoms with E-state index in [0.29, 0.717) is 55.7 Å². The van der Waals surface area contributed by atoms with Crippen LogP contribution in [0.3, 0.4) is 0 Å². The van der Waals surface area contributed by atoms with Crippen LogP contribution >= 0.6 is 0 Å². The molecule has 1 saturated heterocycles. The van der Waals surface area contributed by atoms with Crippen LogP contribution in [-0.4, -0.2) is 48.9 Å². The second-order valence-corrected chi connectivity index (χ2v) is 12.6. The SMILES string of the molecule is Cn1nnc(N(Cc2cc(C(F)(F)F)cc(C(F)(F)F)c2)Cc2cc3cc(F)c(F)cc3nc2N2CCC[C@@H]2C2CCC(C(=O)O)CC2)n1. The number of halogens is 8. The van der Waals surface area contributed by atoms with Gasteiger partial charge in [0.05, 0.1) is 29.6 Å². The highest BCUT2D eigenvalue weighted by Crippen LogP contribution is 2.41. The van der Waals surface area contributed by atoms with Gasteiger partial charge in [-0.3, -0.25) is 4.79 Å². The molecule has 1 N–H and O–H groups in total. The summed E-state index contributed by atoms with van der Waals surface area (Å²) in [6.07, 6.45) is -6.25. The Kier molecular flexibility index (Phi) is 9.13. The first-order chi connectivity index (χ1) is 23.1. The molecule has 6 rings (SSSR count). The lowest BCUT2D eigenvalue weighted by molar-refractivity contribution is -0.144. The molecule has 0 bridgehead atoms. The minimum atomic E-state index is -5.06. The van der Waals surface area contributed by atoms with E-state index in [1.165, 1.54) is 11.9 Å². The van der Waals surface area contributed by atoms with Crippen molar-refractivity contribution in [2.75, 3.05) is 16.3 Å². The maximum Gasteiger partial charge on any atom is 0.416 e. The van der Waals surface area contributed by atoms with Crippen molar-refractivity contribution in [3.8, 4) is 0 Å². The molecule has 0 spiro atoms. The van der Waals surface area contributed by atoms with Gasteiger partial charge in [0.1, 0.15) is 5.82 Å². The Hall–Kier alpha value is -4.57. The Morgan fingerprint density at radius 2 is 1.55 bits per heavy atom. The van der Waals surface area contributed by atoms with Crippen LogP contribution in [0, 0.1) is 23.5 Å². The molecule has 4 aromatic rings. The van der Waals surface area contributed by atoms with Gasteiger partial charge in [-0.25, -0.2) is 13.8 Å². The summed E-state index contributed by atoms with van der Waals surface area (Å²) >= 11 is 0. The van der Waals surface area contributed by atoms with Crippen molar-refractivity contribution >= 4 is 28.6 Å². The van der Waals surface area contributed by atoms with E-state index in [1.54, 1.807) is 6.07 Å². The van der Waals surface area contributed by atoms with Gasteiger partial charge in [-0.15, -0.1) is 5.10 Å². The number of aromatic nitrogens is 5. The van der Waals surface area contributed by atoms with E-state index in [1.807, 2.05) is 4.90 Å². The molecule has 1 aliphatic carbocycles. The molecule has 1 atom stereocenters. The number of pyridine rings is 1. The first-order valence-electron chi connectivity index (χ1n) is 15.6. The quantitative estimate of drug-likeness (QED) is 0.194. The summed E-state index contributed by atoms with van der Waals surface area (Å²) in [5.74, 6) is -3.10. The van der Waals surface area contributed by atoms with Crippen molar-refractivity contribution in [1.29, 1.82) is 0 Å². The van der Waals surface area contributed by atoms with Gasteiger partial charge in [0, 0.05) is 42.7 Å². The minimum Gasteiger partial charge on any atom is -0.481 e. The highest BCUT2D eigenvalue weighted by molar-refractivity contribution is 5.82. The minimum absolute atomic E-state index is 0.0465. The number of nitrogens with zero attached hydrogens (tertiary/aromatic N) is 7. The highest BCUT2D eigenvalue weighted by atomic mass is 19.4. The number of hydrogen-bond donors (Lipinski definition) is 1. The number of fused-ring (bicyclic) bond motifs is 1. The van der Waals surface area contributed by atoms with Gasteiger partial charge >= 0.3 is 18.3 Å². The Balaban J connectivity index is 1.42. The molecule has 0 amide bonds. The van der Waals surface area contributed by atoms with E-state index in [4.69, 9.17) is 4.98 Å². The molecule has 2 aliphatic rings. The standard InChI is InChI=1S/C32H31F8N7O2/c1-45-43-30(42-44-45)46(15-17-9-22(31(35,36)37)13-23(10-17)32(38,39)40)16-21-11-20-12-24(33)25(34)14-26(20)41-28(21)47-8-2-3-27(47)18-4-6-19(7-5-18)29(48)49/h9-14,18-19,27H,2-8,15-16H2,1H3,(H,48,49)/t18?,19?,27-/m1/s1. The normalized spacial score (nSPS) is 20.3. The van der Waals surface area contributed by atoms with Crippen LogP contribution in [0.15, 0.2) is 36.4 Å². The van der Waals surface area contributed by atoms with Crippen molar-refractivity contribution in [3.05, 3.63) is 70.3 Å². The predicted molar refractivity (Wildman–Crippen MR) is 160 cm³/mol. The third kappa shape index (κ3) is 7.39. The Labute approximate surface area is 274 Å². The zero-order valence-electron chi connectivity index (χ0n) is 26.1. The van der Waals surface area contributed by atoms with Crippen molar-refractivity contribution in [2.24, 2.45) is 18.9 Å². The van der Waals surface area contributed by atoms with E-state index in [2.05, 4.69) is 15.4 Å². The summed E-state index contributed by atoms with van der Waals surface area (Å²) in [5.41, 5.74) is -2.72. The van der Waals surface area contributed by atoms with Gasteiger partial charge < -0.3 is 14.9 Å². The molecule has 2 aromatic heterocycles. The summed E-state index contributed by atoms with van der Waals surface area (Å²) in [6, 6.07) is 4.72. The molecule has 0 unspecified atom stereocenters. The van der Waals surface area contributed by atoms with E-state index >= 15 is 0 Å². The van der Waals surface area contributed by atoms with E-state index in [-0.39, 0.29) is 47.0 Å². The Morgan fingerprint density at radius 1 is 0.898 bits per heavy atom. The molecular formula is C32H31F8N7O2. The summed E-state index contributed by atoms with van der Waals surface area (Å²) in [6.45, 7) is -0.170. The van der Waals surface area contributed by atoms with Crippen molar-refractivity contribution in [2.45, 2.75) is 70.0 Å². The van der Waals surface area contributed by atoms with E-state index in [0.717, 1.165) is 29.8 Å². The summed E-state index contributed by atoms with van der Waals surface area (Å²) in [4.78, 5) is 20.8. The van der Waals surface area contributed by atoms with Gasteiger partial charge in [-0.05, 0) is 85.6 Å². The van der Waals surface area contributed by atoms with Gasteiger partial charge in [0.15, 0.2) is 11.6 Å². The number of anilines is 2. The van der Waals surface area contributed by atoms with Crippen molar-refractivity contribution in [1.82, 2.24) is 25.2 Å². The summed E-state index contributed by atoms with van der Waals surface area (Å²) in [7, 11) is 1.44. The number of carboxylic acid groups (broad SMARTS) is 1. The van der Waals surface area contributed by atoms with Gasteiger partial charge in [0.2, 0.25) is 0 Å². The fourth-order valence-corrected chi connectivity index (χ4v) is 7.00. The third-order valence-corrected chi connectivity index (χ3v) is 9.31. The number of aliphatic carboxylic acids is 1. The molecule has 1 aliphatic heterocycles. The van der Waals surface area contributed by atoms with Crippen LogP contribution in [0.25, 0.3) is 10.9 Å². The number of rotatable bonds is 8. The largest absolute Gasteiger partial charge is 0.481 e. The van der Waals surface area contributed by atoms with Crippen LogP contribution in [0.2, 0.25) is 0 Å². The van der Waals surface area contributed by atoms with Crippen LogP contribution in [-0.2, 0) is 37.3 Å². The maximum absolute atomic E-state index is 14.4. The number of aryl methyl sites for hydroxylation is 1. The van der Waals surface area contributed by atoms with E-state index < -0.39 is 53.5 Å². The molecule has 49 heavy (non-hydrogen) atoms. The Morgan fingerprint density at radius 3 is 2.14 bits per heavy atom. The number of alkyl halides is 6. The zero-order chi connectivity index (χ0) is 35.2. The average molecular weight is 698 g/mol. The topological polar surface area (TPSA) is 100 Å². The van der Waals surface area contributed by atoms with Crippen LogP contribution < -0.4 is 9.80 Å². The van der Waals surface area contributed by atoms with Crippen LogP contribution in [0.4, 0.5) is 46.9 Å². The number of benzene rings is 2. The number of hydrogen-bond acceptors (Lipinski definition) is 7. The lowest BCUT2D eigenvalue weighted by atomic mass is 9.78. The monoisotopic (exact) mass is 697 g/mol. The highest BCUT2D eigenvalue weighted by Gasteiger charge is 2.39. The zero-order valence-corrected chi connectivity index (χ0v) is 26.1. The molecule has 2 aromatic carbocycles. The fourth-order valence-electron chi connectivity index (χ4n) is 7.00. The first kappa shape index (κ1) is 34.3. The first-order valence-corrected chi connectivity index (χ1v) is 15.6. The number of carboxylic acids is 1. The van der Waals surface area contributed by atoms with Gasteiger partial charge in [-0.1, -0.05) is 5.10 Å². The summed E-state index contributed by atoms with van der Waals surface area (Å²) in [5, 5.41) is 21.6. The molecule has 2 fully saturated rings. The third-order valence-electron chi connectivity index (χ3n) is 9.31. The number of carbonyl (C=O) groups is 1. The lowest BCUT2D eigenvalue weighted by Gasteiger charge is -2.37. The lowest BCUT2D eigenvalue weighted by Crippen LogP contribution is -2.39. The van der Waals surface area contributed by atoms with Gasteiger partial charge in [-0.2, -0.15) is 31.1 Å². The summed E-state index contributed by atoms with van der Waals surface area (Å²) < 4.78 is 111. The average Bonchev–Trinajstić information content (AvgIpc) is 3.70. The van der Waals surface area contributed by atoms with Crippen LogP contribution in [0.1, 0.15) is 60.8 Å². The van der Waals surface area contributed by atoms with Crippen LogP contribution in [0.5, 0.6) is 0 Å². The molecule has 9 nitrogen and oxygen atoms in total. The Bertz CT molecular complexity index is 1820. The maximum atomic E-state index is 14.4. The molecule has 3 heterocycles. The van der Waals surface area contributed by atoms with Crippen molar-refractivity contribution < 1.29 is 45.0 Å². The van der Waals surface area contributed by atoms with Gasteiger partial charge in [0.25, 0.3) is 5.95 Å². The molecule has 0 radical (unpaired) electrons. The molecule has 1 saturated carbocycles. The van der Waals surface area contributed by atoms with Crippen molar-refractivity contribution in [3.63, 3.8) is 0 Å². The number of tetrazole rings is 1. The second kappa shape index (κ2) is 13.0.